The second kappa shape index (κ2) is 8.09. The van der Waals surface area contributed by atoms with Crippen molar-refractivity contribution < 1.29 is 35.7 Å². The van der Waals surface area contributed by atoms with Gasteiger partial charge in [-0.05, 0) is 46.3 Å². The smallest absolute Gasteiger partial charge is 0.345 e. The third-order valence-electron chi connectivity index (χ3n) is 3.88. The lowest BCUT2D eigenvalue weighted by Gasteiger charge is -2.11. The fourth-order valence-corrected chi connectivity index (χ4v) is 3.03. The van der Waals surface area contributed by atoms with Gasteiger partial charge >= 0.3 is 12.4 Å². The summed E-state index contributed by atoms with van der Waals surface area (Å²) in [6, 6.07) is 7.06. The SMILES string of the molecule is O=C(NCc1noc(-c2ccc(C(F)(F)F)cc2Br)n1)c1ccccc1C(F)(F)F. The first-order chi connectivity index (χ1) is 14.0. The van der Waals surface area contributed by atoms with E-state index in [0.29, 0.717) is 0 Å². The standard InChI is InChI=1S/C18H10BrF6N3O2/c19-13-7-9(17(20,21)22)5-6-11(13)16-27-14(28-30-16)8-26-15(29)10-3-1-2-4-12(10)18(23,24)25/h1-7H,8H2,(H,26,29). The van der Waals surface area contributed by atoms with Crippen molar-refractivity contribution in [2.45, 2.75) is 18.9 Å². The number of aromatic nitrogens is 2. The van der Waals surface area contributed by atoms with E-state index < -0.39 is 35.0 Å². The summed E-state index contributed by atoms with van der Waals surface area (Å²) in [4.78, 5) is 16.1. The number of hydrogen-bond acceptors (Lipinski definition) is 4. The molecular weight excluding hydrogens is 484 g/mol. The number of benzene rings is 2. The van der Waals surface area contributed by atoms with Crippen molar-refractivity contribution in [3.05, 3.63) is 69.5 Å². The van der Waals surface area contributed by atoms with Gasteiger partial charge in [0, 0.05) is 4.47 Å². The Kier molecular flexibility index (Phi) is 5.88. The summed E-state index contributed by atoms with van der Waals surface area (Å²) in [5.74, 6) is -1.20. The van der Waals surface area contributed by atoms with E-state index in [1.807, 2.05) is 0 Å². The minimum absolute atomic E-state index is 0.0515. The van der Waals surface area contributed by atoms with Crippen molar-refractivity contribution in [2.75, 3.05) is 0 Å². The van der Waals surface area contributed by atoms with Crippen LogP contribution in [-0.4, -0.2) is 16.0 Å². The molecule has 1 aromatic heterocycles. The molecule has 0 saturated carbocycles. The van der Waals surface area contributed by atoms with Crippen molar-refractivity contribution >= 4 is 21.8 Å². The predicted octanol–water partition coefficient (Wildman–Crippen LogP) is 5.47. The van der Waals surface area contributed by atoms with Crippen LogP contribution in [-0.2, 0) is 18.9 Å². The first-order valence-corrected chi connectivity index (χ1v) is 8.90. The molecule has 2 aromatic carbocycles. The van der Waals surface area contributed by atoms with E-state index in [0.717, 1.165) is 36.4 Å². The highest BCUT2D eigenvalue weighted by atomic mass is 79.9. The van der Waals surface area contributed by atoms with Crippen LogP contribution in [0.5, 0.6) is 0 Å². The molecule has 30 heavy (non-hydrogen) atoms. The summed E-state index contributed by atoms with van der Waals surface area (Å²) in [6.45, 7) is -0.354. The lowest BCUT2D eigenvalue weighted by Crippen LogP contribution is -2.26. The molecule has 0 bridgehead atoms. The maximum Gasteiger partial charge on any atom is 0.417 e. The van der Waals surface area contributed by atoms with Crippen LogP contribution < -0.4 is 5.32 Å². The van der Waals surface area contributed by atoms with Crippen LogP contribution in [0.15, 0.2) is 51.5 Å². The molecular formula is C18H10BrF6N3O2. The normalized spacial score (nSPS) is 12.1. The van der Waals surface area contributed by atoms with Gasteiger partial charge in [0.1, 0.15) is 0 Å². The number of rotatable bonds is 4. The van der Waals surface area contributed by atoms with Crippen molar-refractivity contribution in [3.8, 4) is 11.5 Å². The average Bonchev–Trinajstić information content (AvgIpc) is 3.13. The van der Waals surface area contributed by atoms with E-state index in [9.17, 15) is 31.1 Å². The zero-order valence-electron chi connectivity index (χ0n) is 14.6. The van der Waals surface area contributed by atoms with Gasteiger partial charge in [0.15, 0.2) is 5.82 Å². The van der Waals surface area contributed by atoms with E-state index in [4.69, 9.17) is 4.52 Å². The summed E-state index contributed by atoms with van der Waals surface area (Å²) in [5.41, 5.74) is -2.37. The molecule has 0 saturated heterocycles. The lowest BCUT2D eigenvalue weighted by molar-refractivity contribution is -0.138. The zero-order valence-corrected chi connectivity index (χ0v) is 16.2. The molecule has 0 aliphatic rings. The quantitative estimate of drug-likeness (QED) is 0.489. The Morgan fingerprint density at radius 2 is 1.73 bits per heavy atom. The number of carbonyl (C=O) groups is 1. The van der Waals surface area contributed by atoms with Gasteiger partial charge in [0.05, 0.1) is 28.8 Å². The second-order valence-electron chi connectivity index (χ2n) is 5.93. The fourth-order valence-electron chi connectivity index (χ4n) is 2.48. The Labute approximate surface area is 173 Å². The fraction of sp³-hybridized carbons (Fsp3) is 0.167. The molecule has 12 heteroatoms. The monoisotopic (exact) mass is 493 g/mol. The maximum absolute atomic E-state index is 13.0. The van der Waals surface area contributed by atoms with Crippen LogP contribution in [0.1, 0.15) is 27.3 Å². The molecule has 3 aromatic rings. The van der Waals surface area contributed by atoms with Crippen molar-refractivity contribution in [1.82, 2.24) is 15.5 Å². The van der Waals surface area contributed by atoms with Crippen LogP contribution in [0.3, 0.4) is 0 Å². The van der Waals surface area contributed by atoms with Gasteiger partial charge < -0.3 is 9.84 Å². The molecule has 0 radical (unpaired) electrons. The molecule has 0 unspecified atom stereocenters. The summed E-state index contributed by atoms with van der Waals surface area (Å²) in [6.07, 6.45) is -9.24. The van der Waals surface area contributed by atoms with Crippen LogP contribution in [0.25, 0.3) is 11.5 Å². The first-order valence-electron chi connectivity index (χ1n) is 8.11. The van der Waals surface area contributed by atoms with Gasteiger partial charge in [-0.15, -0.1) is 0 Å². The number of nitrogens with one attached hydrogen (secondary N) is 1. The Morgan fingerprint density at radius 3 is 2.37 bits per heavy atom. The molecule has 0 fully saturated rings. The molecule has 1 amide bonds. The van der Waals surface area contributed by atoms with E-state index in [1.165, 1.54) is 6.07 Å². The van der Waals surface area contributed by atoms with E-state index in [-0.39, 0.29) is 28.3 Å². The third-order valence-corrected chi connectivity index (χ3v) is 4.54. The highest BCUT2D eigenvalue weighted by molar-refractivity contribution is 9.10. The summed E-state index contributed by atoms with van der Waals surface area (Å²) in [7, 11) is 0. The first kappa shape index (κ1) is 21.8. The molecule has 3 rings (SSSR count). The summed E-state index contributed by atoms with van der Waals surface area (Å²) >= 11 is 3.00. The van der Waals surface area contributed by atoms with Crippen LogP contribution in [0.2, 0.25) is 0 Å². The molecule has 0 atom stereocenters. The van der Waals surface area contributed by atoms with Gasteiger partial charge in [-0.2, -0.15) is 31.3 Å². The summed E-state index contributed by atoms with van der Waals surface area (Å²) in [5, 5.41) is 5.83. The van der Waals surface area contributed by atoms with Gasteiger partial charge in [-0.3, -0.25) is 4.79 Å². The number of amides is 1. The molecule has 5 nitrogen and oxygen atoms in total. The highest BCUT2D eigenvalue weighted by Crippen LogP contribution is 2.35. The third kappa shape index (κ3) is 4.81. The molecule has 0 aliphatic carbocycles. The molecule has 0 aliphatic heterocycles. The Balaban J connectivity index is 1.74. The number of alkyl halides is 6. The molecule has 158 valence electrons. The minimum atomic E-state index is -4.71. The van der Waals surface area contributed by atoms with Gasteiger partial charge in [-0.25, -0.2) is 0 Å². The number of carbonyl (C=O) groups excluding carboxylic acids is 1. The van der Waals surface area contributed by atoms with Crippen LogP contribution >= 0.6 is 15.9 Å². The van der Waals surface area contributed by atoms with Gasteiger partial charge in [0.2, 0.25) is 0 Å². The lowest BCUT2D eigenvalue weighted by atomic mass is 10.1. The topological polar surface area (TPSA) is 68.0 Å². The van der Waals surface area contributed by atoms with Crippen molar-refractivity contribution in [3.63, 3.8) is 0 Å². The Morgan fingerprint density at radius 1 is 1.03 bits per heavy atom. The van der Waals surface area contributed by atoms with Crippen molar-refractivity contribution in [1.29, 1.82) is 0 Å². The molecule has 0 spiro atoms. The number of hydrogen-bond donors (Lipinski definition) is 1. The van der Waals surface area contributed by atoms with E-state index in [1.54, 1.807) is 0 Å². The maximum atomic E-state index is 13.0. The predicted molar refractivity (Wildman–Crippen MR) is 95.1 cm³/mol. The Hall–Kier alpha value is -2.89. The largest absolute Gasteiger partial charge is 0.417 e. The van der Waals surface area contributed by atoms with Crippen LogP contribution in [0, 0.1) is 0 Å². The minimum Gasteiger partial charge on any atom is -0.345 e. The second-order valence-corrected chi connectivity index (χ2v) is 6.79. The highest BCUT2D eigenvalue weighted by Gasteiger charge is 2.35. The zero-order chi connectivity index (χ0) is 22.1. The van der Waals surface area contributed by atoms with E-state index in [2.05, 4.69) is 31.4 Å². The average molecular weight is 494 g/mol. The summed E-state index contributed by atoms with van der Waals surface area (Å²) < 4.78 is 82.3. The van der Waals surface area contributed by atoms with E-state index >= 15 is 0 Å². The molecule has 1 heterocycles. The van der Waals surface area contributed by atoms with Crippen LogP contribution in [0.4, 0.5) is 26.3 Å². The number of nitrogens with zero attached hydrogens (tertiary/aromatic N) is 2. The number of halogens is 7. The molecule has 1 N–H and O–H groups in total. The van der Waals surface area contributed by atoms with Gasteiger partial charge in [-0.1, -0.05) is 17.3 Å². The Bertz CT molecular complexity index is 1080. The van der Waals surface area contributed by atoms with Gasteiger partial charge in [0.25, 0.3) is 11.8 Å². The van der Waals surface area contributed by atoms with Crippen molar-refractivity contribution in [2.24, 2.45) is 0 Å².